The van der Waals surface area contributed by atoms with Crippen LogP contribution in [0, 0.1) is 0 Å². The molecule has 0 saturated carbocycles. The molecule has 4 heteroatoms. The van der Waals surface area contributed by atoms with E-state index < -0.39 is 0 Å². The third-order valence-electron chi connectivity index (χ3n) is 3.66. The van der Waals surface area contributed by atoms with Gasteiger partial charge in [0.2, 0.25) is 0 Å². The van der Waals surface area contributed by atoms with Crippen molar-refractivity contribution < 1.29 is 9.47 Å². The highest BCUT2D eigenvalue weighted by Gasteiger charge is 2.24. The second-order valence-corrected chi connectivity index (χ2v) is 5.28. The lowest BCUT2D eigenvalue weighted by Crippen LogP contribution is -2.26. The van der Waals surface area contributed by atoms with Crippen molar-refractivity contribution in [1.29, 1.82) is 0 Å². The van der Waals surface area contributed by atoms with E-state index in [2.05, 4.69) is 11.4 Å². The molecule has 98 valence electrons. The fourth-order valence-corrected chi connectivity index (χ4v) is 2.90. The zero-order valence-electron chi connectivity index (χ0n) is 10.4. The second kappa shape index (κ2) is 5.37. The van der Waals surface area contributed by atoms with Crippen LogP contribution in [0.1, 0.15) is 30.7 Å². The van der Waals surface area contributed by atoms with E-state index in [9.17, 15) is 0 Å². The highest BCUT2D eigenvalue weighted by Crippen LogP contribution is 2.44. The highest BCUT2D eigenvalue weighted by atomic mass is 35.5. The molecule has 0 aliphatic carbocycles. The van der Waals surface area contributed by atoms with Crippen molar-refractivity contribution in [3.8, 4) is 11.5 Å². The zero-order valence-corrected chi connectivity index (χ0v) is 11.1. The Morgan fingerprint density at radius 2 is 1.78 bits per heavy atom. The van der Waals surface area contributed by atoms with Crippen LogP contribution in [0.2, 0.25) is 5.02 Å². The van der Waals surface area contributed by atoms with Gasteiger partial charge in [0.05, 0.1) is 18.2 Å². The number of hydrogen-bond donors (Lipinski definition) is 1. The van der Waals surface area contributed by atoms with Gasteiger partial charge in [-0.15, -0.1) is 0 Å². The van der Waals surface area contributed by atoms with Gasteiger partial charge in [-0.2, -0.15) is 0 Å². The Hall–Kier alpha value is -0.930. The van der Waals surface area contributed by atoms with Crippen LogP contribution >= 0.6 is 11.6 Å². The molecule has 2 aliphatic heterocycles. The first-order valence-electron chi connectivity index (χ1n) is 6.65. The van der Waals surface area contributed by atoms with Gasteiger partial charge in [-0.3, -0.25) is 0 Å². The summed E-state index contributed by atoms with van der Waals surface area (Å²) in [6.45, 7) is 3.54. The van der Waals surface area contributed by atoms with Gasteiger partial charge in [-0.05, 0) is 37.9 Å². The van der Waals surface area contributed by atoms with Crippen molar-refractivity contribution in [2.24, 2.45) is 0 Å². The number of piperidine rings is 1. The molecule has 0 spiro atoms. The lowest BCUT2D eigenvalue weighted by Gasteiger charge is -2.25. The molecule has 0 bridgehead atoms. The first-order chi connectivity index (χ1) is 8.86. The number of fused-ring (bicyclic) bond motifs is 1. The van der Waals surface area contributed by atoms with Crippen molar-refractivity contribution in [3.63, 3.8) is 0 Å². The summed E-state index contributed by atoms with van der Waals surface area (Å²) in [4.78, 5) is 0. The van der Waals surface area contributed by atoms with Crippen LogP contribution < -0.4 is 14.8 Å². The van der Waals surface area contributed by atoms with Gasteiger partial charge in [0.15, 0.2) is 11.5 Å². The number of rotatable bonds is 1. The SMILES string of the molecule is Clc1ccc(C2CCNCC2)c2c1OCCCO2. The zero-order chi connectivity index (χ0) is 12.4. The predicted molar refractivity (Wildman–Crippen MR) is 71.9 cm³/mol. The molecule has 0 radical (unpaired) electrons. The summed E-state index contributed by atoms with van der Waals surface area (Å²) in [5, 5.41) is 4.05. The monoisotopic (exact) mass is 267 g/mol. The predicted octanol–water partition coefficient (Wildman–Crippen LogP) is 2.97. The summed E-state index contributed by atoms with van der Waals surface area (Å²) in [6.07, 6.45) is 3.21. The van der Waals surface area contributed by atoms with E-state index >= 15 is 0 Å². The van der Waals surface area contributed by atoms with Gasteiger partial charge in [0, 0.05) is 12.0 Å². The molecule has 2 aliphatic rings. The molecule has 1 fully saturated rings. The average molecular weight is 268 g/mol. The maximum absolute atomic E-state index is 6.21. The molecule has 0 aromatic heterocycles. The quantitative estimate of drug-likeness (QED) is 0.849. The summed E-state index contributed by atoms with van der Waals surface area (Å²) in [5.41, 5.74) is 1.26. The van der Waals surface area contributed by atoms with E-state index in [1.807, 2.05) is 6.07 Å². The normalized spacial score (nSPS) is 20.5. The van der Waals surface area contributed by atoms with Gasteiger partial charge in [0.25, 0.3) is 0 Å². The summed E-state index contributed by atoms with van der Waals surface area (Å²) in [7, 11) is 0. The number of ether oxygens (including phenoxy) is 2. The largest absolute Gasteiger partial charge is 0.489 e. The van der Waals surface area contributed by atoms with Gasteiger partial charge >= 0.3 is 0 Å². The van der Waals surface area contributed by atoms with Crippen molar-refractivity contribution >= 4 is 11.6 Å². The van der Waals surface area contributed by atoms with Crippen molar-refractivity contribution in [3.05, 3.63) is 22.7 Å². The van der Waals surface area contributed by atoms with Crippen LogP contribution in [0.3, 0.4) is 0 Å². The Morgan fingerprint density at radius 3 is 2.56 bits per heavy atom. The van der Waals surface area contributed by atoms with Crippen molar-refractivity contribution in [2.75, 3.05) is 26.3 Å². The van der Waals surface area contributed by atoms with Crippen LogP contribution in [-0.4, -0.2) is 26.3 Å². The third-order valence-corrected chi connectivity index (χ3v) is 3.95. The summed E-state index contributed by atoms with van der Waals surface area (Å²) in [6, 6.07) is 4.04. The smallest absolute Gasteiger partial charge is 0.180 e. The Morgan fingerprint density at radius 1 is 1.06 bits per heavy atom. The van der Waals surface area contributed by atoms with Gasteiger partial charge < -0.3 is 14.8 Å². The van der Waals surface area contributed by atoms with Crippen molar-refractivity contribution in [2.45, 2.75) is 25.2 Å². The number of hydrogen-bond acceptors (Lipinski definition) is 3. The lowest BCUT2D eigenvalue weighted by atomic mass is 9.89. The van der Waals surface area contributed by atoms with Crippen LogP contribution in [0.25, 0.3) is 0 Å². The molecule has 2 heterocycles. The van der Waals surface area contributed by atoms with Gasteiger partial charge in [-0.1, -0.05) is 17.7 Å². The Labute approximate surface area is 112 Å². The molecule has 18 heavy (non-hydrogen) atoms. The molecule has 3 rings (SSSR count). The first-order valence-corrected chi connectivity index (χ1v) is 7.03. The van der Waals surface area contributed by atoms with E-state index in [1.165, 1.54) is 5.56 Å². The van der Waals surface area contributed by atoms with E-state index in [-0.39, 0.29) is 0 Å². The Balaban J connectivity index is 1.98. The van der Waals surface area contributed by atoms with Crippen LogP contribution in [0.4, 0.5) is 0 Å². The van der Waals surface area contributed by atoms with E-state index in [1.54, 1.807) is 0 Å². The molecule has 1 saturated heterocycles. The van der Waals surface area contributed by atoms with Gasteiger partial charge in [0.1, 0.15) is 0 Å². The molecule has 3 nitrogen and oxygen atoms in total. The molecule has 1 N–H and O–H groups in total. The average Bonchev–Trinajstić information content (AvgIpc) is 2.67. The minimum Gasteiger partial charge on any atom is -0.489 e. The number of benzene rings is 1. The molecule has 0 atom stereocenters. The fourth-order valence-electron chi connectivity index (χ4n) is 2.70. The molecule has 1 aromatic rings. The number of nitrogens with one attached hydrogen (secondary N) is 1. The van der Waals surface area contributed by atoms with Gasteiger partial charge in [-0.25, -0.2) is 0 Å². The maximum atomic E-state index is 6.21. The molecule has 1 aromatic carbocycles. The summed E-state index contributed by atoms with van der Waals surface area (Å²) in [5.74, 6) is 2.18. The maximum Gasteiger partial charge on any atom is 0.180 e. The number of halogens is 1. The van der Waals surface area contributed by atoms with Crippen molar-refractivity contribution in [1.82, 2.24) is 5.32 Å². The van der Waals surface area contributed by atoms with E-state index in [0.717, 1.165) is 43.9 Å². The van der Waals surface area contributed by atoms with E-state index in [4.69, 9.17) is 21.1 Å². The Kier molecular flexibility index (Phi) is 3.62. The highest BCUT2D eigenvalue weighted by molar-refractivity contribution is 6.32. The fraction of sp³-hybridized carbons (Fsp3) is 0.571. The summed E-state index contributed by atoms with van der Waals surface area (Å²) >= 11 is 6.21. The van der Waals surface area contributed by atoms with E-state index in [0.29, 0.717) is 24.2 Å². The van der Waals surface area contributed by atoms with Crippen LogP contribution in [-0.2, 0) is 0 Å². The minimum absolute atomic E-state index is 0.555. The Bertz CT molecular complexity index is 430. The standard InChI is InChI=1S/C14H18ClNO2/c15-12-3-2-11(10-4-6-16-7-5-10)13-14(12)18-9-1-8-17-13/h2-3,10,16H,1,4-9H2. The molecule has 0 amide bonds. The molecule has 0 unspecified atom stereocenters. The topological polar surface area (TPSA) is 30.5 Å². The summed E-state index contributed by atoms with van der Waals surface area (Å²) < 4.78 is 11.6. The minimum atomic E-state index is 0.555. The third kappa shape index (κ3) is 2.29. The molecular formula is C14H18ClNO2. The second-order valence-electron chi connectivity index (χ2n) is 4.87. The van der Waals surface area contributed by atoms with Crippen LogP contribution in [0.15, 0.2) is 12.1 Å². The molecular weight excluding hydrogens is 250 g/mol. The van der Waals surface area contributed by atoms with Crippen LogP contribution in [0.5, 0.6) is 11.5 Å². The lowest BCUT2D eigenvalue weighted by molar-refractivity contribution is 0.294. The first kappa shape index (κ1) is 12.1.